The van der Waals surface area contributed by atoms with Crippen molar-refractivity contribution in [2.75, 3.05) is 7.11 Å². The molecule has 1 rings (SSSR count). The number of rotatable bonds is 4. The predicted molar refractivity (Wildman–Crippen MR) is 62.2 cm³/mol. The number of ether oxygens (including phenoxy) is 2. The van der Waals surface area contributed by atoms with Gasteiger partial charge in [-0.25, -0.2) is 4.79 Å². The molecule has 1 N–H and O–H groups in total. The Morgan fingerprint density at radius 3 is 2.81 bits per heavy atom. The summed E-state index contributed by atoms with van der Waals surface area (Å²) in [7, 11) is 1.31. The predicted octanol–water partition coefficient (Wildman–Crippen LogP) is 1.88. The molecule has 1 aromatic carbocycles. The number of carbonyl (C=O) groups excluding carboxylic acids is 1. The maximum atomic E-state index is 11.1. The number of carbonyl (C=O) groups is 1. The van der Waals surface area contributed by atoms with Crippen molar-refractivity contribution >= 4 is 21.9 Å². The third-order valence-electron chi connectivity index (χ3n) is 2.03. The summed E-state index contributed by atoms with van der Waals surface area (Å²) in [6.07, 6.45) is -0.669. The van der Waals surface area contributed by atoms with E-state index in [1.165, 1.54) is 7.11 Å². The smallest absolute Gasteiger partial charge is 0.346 e. The molecular formula is C11H13BrO4. The Labute approximate surface area is 102 Å². The summed E-state index contributed by atoms with van der Waals surface area (Å²) >= 11 is 3.29. The van der Waals surface area contributed by atoms with Crippen molar-refractivity contribution < 1.29 is 19.4 Å². The second kappa shape index (κ2) is 5.86. The van der Waals surface area contributed by atoms with E-state index in [4.69, 9.17) is 9.84 Å². The van der Waals surface area contributed by atoms with Crippen LogP contribution in [0.1, 0.15) is 12.5 Å². The summed E-state index contributed by atoms with van der Waals surface area (Å²) < 4.78 is 10.7. The Kier molecular flexibility index (Phi) is 4.76. The minimum atomic E-state index is -0.669. The van der Waals surface area contributed by atoms with Gasteiger partial charge in [-0.3, -0.25) is 0 Å². The van der Waals surface area contributed by atoms with Crippen molar-refractivity contribution in [3.05, 3.63) is 28.2 Å². The highest BCUT2D eigenvalue weighted by Gasteiger charge is 2.15. The second-order valence-corrected chi connectivity index (χ2v) is 4.05. The van der Waals surface area contributed by atoms with Gasteiger partial charge in [-0.1, -0.05) is 15.9 Å². The Bertz CT molecular complexity index is 378. The Balaban J connectivity index is 2.78. The molecule has 4 nitrogen and oxygen atoms in total. The zero-order chi connectivity index (χ0) is 12.1. The first-order valence-electron chi connectivity index (χ1n) is 4.72. The normalized spacial score (nSPS) is 12.0. The van der Waals surface area contributed by atoms with Crippen molar-refractivity contribution in [1.82, 2.24) is 0 Å². The zero-order valence-corrected chi connectivity index (χ0v) is 10.7. The van der Waals surface area contributed by atoms with Crippen molar-refractivity contribution in [1.29, 1.82) is 0 Å². The van der Waals surface area contributed by atoms with Gasteiger partial charge in [0.05, 0.1) is 13.7 Å². The van der Waals surface area contributed by atoms with E-state index >= 15 is 0 Å². The van der Waals surface area contributed by atoms with Crippen LogP contribution in [-0.4, -0.2) is 24.3 Å². The topological polar surface area (TPSA) is 55.8 Å². The van der Waals surface area contributed by atoms with E-state index in [1.54, 1.807) is 25.1 Å². The number of benzene rings is 1. The number of hydrogen-bond acceptors (Lipinski definition) is 4. The molecule has 1 atom stereocenters. The lowest BCUT2D eigenvalue weighted by molar-refractivity contribution is -0.147. The Morgan fingerprint density at radius 1 is 1.56 bits per heavy atom. The summed E-state index contributed by atoms with van der Waals surface area (Å²) in [6.45, 7) is 1.51. The molecule has 0 bridgehead atoms. The SMILES string of the molecule is COC(=O)C(C)Oc1ccc(Br)c(CO)c1. The molecule has 0 aliphatic rings. The summed E-state index contributed by atoms with van der Waals surface area (Å²) in [5.74, 6) is 0.0821. The molecule has 0 aliphatic heterocycles. The van der Waals surface area contributed by atoms with Gasteiger partial charge < -0.3 is 14.6 Å². The monoisotopic (exact) mass is 288 g/mol. The van der Waals surface area contributed by atoms with Crippen molar-refractivity contribution in [2.24, 2.45) is 0 Å². The van der Waals surface area contributed by atoms with E-state index in [2.05, 4.69) is 20.7 Å². The lowest BCUT2D eigenvalue weighted by atomic mass is 10.2. The average molecular weight is 289 g/mol. The Hall–Kier alpha value is -1.07. The van der Waals surface area contributed by atoms with E-state index in [0.29, 0.717) is 11.3 Å². The Morgan fingerprint density at radius 2 is 2.25 bits per heavy atom. The number of esters is 1. The molecule has 1 aromatic rings. The van der Waals surface area contributed by atoms with Crippen LogP contribution in [0.4, 0.5) is 0 Å². The molecule has 16 heavy (non-hydrogen) atoms. The molecule has 0 aromatic heterocycles. The lowest BCUT2D eigenvalue weighted by Crippen LogP contribution is -2.24. The first kappa shape index (κ1) is 13.0. The standard InChI is InChI=1S/C11H13BrO4/c1-7(11(14)15-2)16-9-3-4-10(12)8(5-9)6-13/h3-5,7,13H,6H2,1-2H3. The molecule has 0 spiro atoms. The number of aliphatic hydroxyl groups excluding tert-OH is 1. The van der Waals surface area contributed by atoms with Crippen LogP contribution in [-0.2, 0) is 16.1 Å². The maximum absolute atomic E-state index is 11.1. The van der Waals surface area contributed by atoms with Crippen LogP contribution < -0.4 is 4.74 Å². The van der Waals surface area contributed by atoms with Crippen LogP contribution >= 0.6 is 15.9 Å². The van der Waals surface area contributed by atoms with Crippen molar-refractivity contribution in [3.8, 4) is 5.75 Å². The minimum absolute atomic E-state index is 0.0929. The molecule has 0 amide bonds. The highest BCUT2D eigenvalue weighted by Crippen LogP contribution is 2.23. The molecule has 0 aliphatic carbocycles. The van der Waals surface area contributed by atoms with Gasteiger partial charge in [0.2, 0.25) is 0 Å². The van der Waals surface area contributed by atoms with Gasteiger partial charge in [0.25, 0.3) is 0 Å². The largest absolute Gasteiger partial charge is 0.479 e. The van der Waals surface area contributed by atoms with Crippen LogP contribution in [0.2, 0.25) is 0 Å². The fraction of sp³-hybridized carbons (Fsp3) is 0.364. The molecule has 0 saturated carbocycles. The van der Waals surface area contributed by atoms with E-state index in [9.17, 15) is 4.79 Å². The molecule has 1 unspecified atom stereocenters. The summed E-state index contributed by atoms with van der Waals surface area (Å²) in [5.41, 5.74) is 0.703. The van der Waals surface area contributed by atoms with Crippen LogP contribution in [0.3, 0.4) is 0 Å². The summed E-state index contributed by atoms with van der Waals surface area (Å²) in [4.78, 5) is 11.1. The van der Waals surface area contributed by atoms with Crippen molar-refractivity contribution in [2.45, 2.75) is 19.6 Å². The zero-order valence-electron chi connectivity index (χ0n) is 9.07. The fourth-order valence-corrected chi connectivity index (χ4v) is 1.54. The second-order valence-electron chi connectivity index (χ2n) is 3.19. The lowest BCUT2D eigenvalue weighted by Gasteiger charge is -2.13. The summed E-state index contributed by atoms with van der Waals surface area (Å²) in [6, 6.07) is 5.14. The highest BCUT2D eigenvalue weighted by atomic mass is 79.9. The van der Waals surface area contributed by atoms with E-state index < -0.39 is 12.1 Å². The molecule has 0 fully saturated rings. The maximum Gasteiger partial charge on any atom is 0.346 e. The van der Waals surface area contributed by atoms with Gasteiger partial charge in [0, 0.05) is 4.47 Å². The van der Waals surface area contributed by atoms with Gasteiger partial charge >= 0.3 is 5.97 Å². The fourth-order valence-electron chi connectivity index (χ4n) is 1.16. The minimum Gasteiger partial charge on any atom is -0.479 e. The van der Waals surface area contributed by atoms with E-state index in [1.807, 2.05) is 0 Å². The van der Waals surface area contributed by atoms with E-state index in [0.717, 1.165) is 4.47 Å². The van der Waals surface area contributed by atoms with Gasteiger partial charge in [0.15, 0.2) is 6.10 Å². The average Bonchev–Trinajstić information content (AvgIpc) is 2.30. The first-order chi connectivity index (χ1) is 7.58. The van der Waals surface area contributed by atoms with Gasteiger partial charge in [-0.2, -0.15) is 0 Å². The van der Waals surface area contributed by atoms with Crippen LogP contribution in [0.5, 0.6) is 5.75 Å². The third kappa shape index (κ3) is 3.21. The number of methoxy groups -OCH3 is 1. The molecule has 0 heterocycles. The van der Waals surface area contributed by atoms with Crippen LogP contribution in [0, 0.1) is 0 Å². The van der Waals surface area contributed by atoms with Crippen molar-refractivity contribution in [3.63, 3.8) is 0 Å². The molecule has 0 radical (unpaired) electrons. The number of halogens is 1. The molecular weight excluding hydrogens is 276 g/mol. The third-order valence-corrected chi connectivity index (χ3v) is 2.81. The van der Waals surface area contributed by atoms with Gasteiger partial charge in [0.1, 0.15) is 5.75 Å². The number of aliphatic hydroxyl groups is 1. The highest BCUT2D eigenvalue weighted by molar-refractivity contribution is 9.10. The first-order valence-corrected chi connectivity index (χ1v) is 5.51. The van der Waals surface area contributed by atoms with Crippen LogP contribution in [0.15, 0.2) is 22.7 Å². The number of hydrogen-bond donors (Lipinski definition) is 1. The molecule has 88 valence electrons. The molecule has 5 heteroatoms. The molecule has 0 saturated heterocycles. The summed E-state index contributed by atoms with van der Waals surface area (Å²) in [5, 5.41) is 9.06. The van der Waals surface area contributed by atoms with Gasteiger partial charge in [-0.05, 0) is 30.7 Å². The van der Waals surface area contributed by atoms with Gasteiger partial charge in [-0.15, -0.1) is 0 Å². The quantitative estimate of drug-likeness (QED) is 0.860. The van der Waals surface area contributed by atoms with Crippen LogP contribution in [0.25, 0.3) is 0 Å². The van der Waals surface area contributed by atoms with E-state index in [-0.39, 0.29) is 6.61 Å².